The van der Waals surface area contributed by atoms with E-state index in [-0.39, 0.29) is 5.91 Å². The van der Waals surface area contributed by atoms with Crippen molar-refractivity contribution in [1.29, 1.82) is 0 Å². The maximum Gasteiger partial charge on any atom is 0.233 e. The molecule has 0 saturated heterocycles. The number of hydrogen-bond donors (Lipinski definition) is 3. The zero-order chi connectivity index (χ0) is 24.0. The predicted octanol–water partition coefficient (Wildman–Crippen LogP) is 4.44. The summed E-state index contributed by atoms with van der Waals surface area (Å²) in [5.74, 6) is 0.874. The summed E-state index contributed by atoms with van der Waals surface area (Å²) in [5, 5.41) is 11.7. The normalized spacial score (nSPS) is 18.9. The highest BCUT2D eigenvalue weighted by Crippen LogP contribution is 2.42. The van der Waals surface area contributed by atoms with Crippen LogP contribution in [0.2, 0.25) is 0 Å². The van der Waals surface area contributed by atoms with Crippen molar-refractivity contribution in [2.45, 2.75) is 71.3 Å². The summed E-state index contributed by atoms with van der Waals surface area (Å²) in [7, 11) is 1.68. The Hall–Kier alpha value is -2.78. The third-order valence-corrected chi connectivity index (χ3v) is 8.42. The number of aryl methyl sites for hydroxylation is 1. The molecule has 4 heterocycles. The number of aromatic nitrogens is 5. The molecular weight excluding hydrogens is 446 g/mol. The molecule has 0 unspecified atom stereocenters. The van der Waals surface area contributed by atoms with Gasteiger partial charge in [0.25, 0.3) is 0 Å². The van der Waals surface area contributed by atoms with E-state index in [9.17, 15) is 4.79 Å². The number of likely N-dealkylation sites (N-methyl/N-ethyl adjacent to an activating group) is 1. The first kappa shape index (κ1) is 23.0. The van der Waals surface area contributed by atoms with Gasteiger partial charge >= 0.3 is 0 Å². The number of pyridine rings is 1. The van der Waals surface area contributed by atoms with Crippen molar-refractivity contribution in [3.05, 3.63) is 34.2 Å². The molecule has 1 aliphatic carbocycles. The lowest BCUT2D eigenvalue weighted by atomic mass is 9.86. The average molecular weight is 480 g/mol. The first-order valence-corrected chi connectivity index (χ1v) is 12.9. The maximum absolute atomic E-state index is 11.5. The smallest absolute Gasteiger partial charge is 0.233 e. The quantitative estimate of drug-likeness (QED) is 0.380. The van der Waals surface area contributed by atoms with Gasteiger partial charge in [-0.3, -0.25) is 4.79 Å². The second kappa shape index (κ2) is 9.11. The highest BCUT2D eigenvalue weighted by molar-refractivity contribution is 7.18. The van der Waals surface area contributed by atoms with Crippen molar-refractivity contribution in [2.24, 2.45) is 0 Å². The van der Waals surface area contributed by atoms with Gasteiger partial charge in [0, 0.05) is 36.3 Å². The minimum absolute atomic E-state index is 0.0433. The number of carbonyl (C=O) groups is 1. The lowest BCUT2D eigenvalue weighted by Crippen LogP contribution is -2.39. The van der Waals surface area contributed by atoms with Crippen LogP contribution in [0.1, 0.15) is 73.1 Å². The van der Waals surface area contributed by atoms with Crippen LogP contribution in [0.4, 0.5) is 0 Å². The zero-order valence-corrected chi connectivity index (χ0v) is 21.3. The Kier molecular flexibility index (Phi) is 6.16. The van der Waals surface area contributed by atoms with E-state index >= 15 is 0 Å². The number of amides is 1. The summed E-state index contributed by atoms with van der Waals surface area (Å²) < 4.78 is 1.87. The molecule has 0 bridgehead atoms. The monoisotopic (exact) mass is 479 g/mol. The minimum atomic E-state index is 0.0433. The van der Waals surface area contributed by atoms with Crippen LogP contribution >= 0.6 is 11.3 Å². The van der Waals surface area contributed by atoms with Crippen LogP contribution in [0.25, 0.3) is 27.3 Å². The molecule has 0 aromatic carbocycles. The van der Waals surface area contributed by atoms with Crippen molar-refractivity contribution >= 4 is 33.2 Å². The fourth-order valence-corrected chi connectivity index (χ4v) is 6.33. The number of aromatic amines is 1. The number of thiazole rings is 1. The Bertz CT molecular complexity index is 1340. The van der Waals surface area contributed by atoms with Crippen molar-refractivity contribution in [3.8, 4) is 11.3 Å². The van der Waals surface area contributed by atoms with Crippen molar-refractivity contribution in [1.82, 2.24) is 35.2 Å². The zero-order valence-electron chi connectivity index (χ0n) is 20.5. The molecule has 0 aliphatic heterocycles. The molecule has 4 aromatic rings. The van der Waals surface area contributed by atoms with Gasteiger partial charge in [-0.2, -0.15) is 5.10 Å². The fourth-order valence-electron chi connectivity index (χ4n) is 5.18. The number of nitrogens with zero attached hydrogens (tertiary/aromatic N) is 4. The van der Waals surface area contributed by atoms with Gasteiger partial charge in [0.2, 0.25) is 5.91 Å². The Morgan fingerprint density at radius 3 is 2.71 bits per heavy atom. The molecule has 0 atom stereocenters. The van der Waals surface area contributed by atoms with Gasteiger partial charge < -0.3 is 15.6 Å². The van der Waals surface area contributed by atoms with Gasteiger partial charge in [0.1, 0.15) is 16.7 Å². The molecule has 4 aromatic heterocycles. The van der Waals surface area contributed by atoms with E-state index in [4.69, 9.17) is 4.98 Å². The summed E-state index contributed by atoms with van der Waals surface area (Å²) in [6.45, 7) is 9.15. The van der Waals surface area contributed by atoms with E-state index in [0.29, 0.717) is 24.4 Å². The summed E-state index contributed by atoms with van der Waals surface area (Å²) in [6.07, 6.45) is 8.06. The van der Waals surface area contributed by atoms with Crippen molar-refractivity contribution < 1.29 is 4.79 Å². The van der Waals surface area contributed by atoms with E-state index in [1.165, 1.54) is 16.1 Å². The summed E-state index contributed by atoms with van der Waals surface area (Å²) in [4.78, 5) is 26.0. The fraction of sp³-hybridized carbons (Fsp3) is 0.520. The second-order valence-electron chi connectivity index (χ2n) is 9.72. The van der Waals surface area contributed by atoms with E-state index < -0.39 is 0 Å². The van der Waals surface area contributed by atoms with Gasteiger partial charge in [0.15, 0.2) is 5.65 Å². The number of carbonyl (C=O) groups excluding carboxylic acids is 1. The van der Waals surface area contributed by atoms with Crippen LogP contribution in [0.15, 0.2) is 12.5 Å². The van der Waals surface area contributed by atoms with E-state index in [0.717, 1.165) is 58.5 Å². The number of H-pyrrole nitrogens is 1. The third kappa shape index (κ3) is 4.01. The van der Waals surface area contributed by atoms with Gasteiger partial charge in [-0.05, 0) is 56.6 Å². The topological polar surface area (TPSA) is 100 Å². The second-order valence-corrected chi connectivity index (χ2v) is 10.8. The molecular formula is C25H33N7OS. The Morgan fingerprint density at radius 1 is 1.24 bits per heavy atom. The summed E-state index contributed by atoms with van der Waals surface area (Å²) in [6, 6.07) is 0.411. The minimum Gasteiger partial charge on any atom is -0.358 e. The van der Waals surface area contributed by atoms with Gasteiger partial charge in [-0.25, -0.2) is 14.5 Å². The van der Waals surface area contributed by atoms with Gasteiger partial charge in [-0.1, -0.05) is 13.8 Å². The average Bonchev–Trinajstić information content (AvgIpc) is 3.54. The highest BCUT2D eigenvalue weighted by atomic mass is 32.1. The molecule has 8 nitrogen and oxygen atoms in total. The van der Waals surface area contributed by atoms with Crippen LogP contribution in [-0.4, -0.2) is 50.1 Å². The van der Waals surface area contributed by atoms with Crippen LogP contribution in [0, 0.1) is 13.8 Å². The molecule has 0 radical (unpaired) electrons. The van der Waals surface area contributed by atoms with E-state index in [2.05, 4.69) is 59.6 Å². The molecule has 1 saturated carbocycles. The largest absolute Gasteiger partial charge is 0.358 e. The molecule has 1 aliphatic rings. The first-order valence-electron chi connectivity index (χ1n) is 12.1. The highest BCUT2D eigenvalue weighted by Gasteiger charge is 2.28. The summed E-state index contributed by atoms with van der Waals surface area (Å²) >= 11 is 1.80. The molecule has 34 heavy (non-hydrogen) atoms. The lowest BCUT2D eigenvalue weighted by molar-refractivity contribution is -0.119. The number of nitrogens with one attached hydrogen (secondary N) is 3. The van der Waals surface area contributed by atoms with Crippen LogP contribution in [0.5, 0.6) is 0 Å². The Labute approximate surface area is 203 Å². The predicted molar refractivity (Wildman–Crippen MR) is 137 cm³/mol. The standard InChI is InChI=1S/C25H33N7OS/c1-13(2)20-21(18-11-32-23(28-12-29-32)15(4)14(18)3)30-25-22(20)31-24(34-25)16-6-8-17(9-7-16)27-10-19(33)26-5/h11-13,16-17,27,30H,6-10H2,1-5H3,(H,26,33). The van der Waals surface area contributed by atoms with Crippen molar-refractivity contribution in [3.63, 3.8) is 0 Å². The molecule has 9 heteroatoms. The van der Waals surface area contributed by atoms with Gasteiger partial charge in [0.05, 0.1) is 17.2 Å². The Morgan fingerprint density at radius 2 is 2.00 bits per heavy atom. The number of rotatable bonds is 6. The van der Waals surface area contributed by atoms with Crippen molar-refractivity contribution in [2.75, 3.05) is 13.6 Å². The first-order chi connectivity index (χ1) is 16.4. The Balaban J connectivity index is 1.43. The molecule has 180 valence electrons. The van der Waals surface area contributed by atoms with Crippen LogP contribution in [0.3, 0.4) is 0 Å². The van der Waals surface area contributed by atoms with E-state index in [1.807, 2.05) is 4.52 Å². The molecule has 1 amide bonds. The molecule has 5 rings (SSSR count). The SMILES string of the molecule is CNC(=O)CNC1CCC(c2nc3c(C(C)C)c(-c4cn5ncnc5c(C)c4C)[nH]c3s2)CC1. The van der Waals surface area contributed by atoms with E-state index in [1.54, 1.807) is 24.7 Å². The molecule has 1 fully saturated rings. The summed E-state index contributed by atoms with van der Waals surface area (Å²) in [5.41, 5.74) is 7.98. The molecule has 3 N–H and O–H groups in total. The maximum atomic E-state index is 11.5. The third-order valence-electron chi connectivity index (χ3n) is 7.29. The van der Waals surface area contributed by atoms with Crippen LogP contribution in [-0.2, 0) is 4.79 Å². The molecule has 0 spiro atoms. The van der Waals surface area contributed by atoms with Gasteiger partial charge in [-0.15, -0.1) is 11.3 Å². The number of hydrogen-bond acceptors (Lipinski definition) is 6. The number of fused-ring (bicyclic) bond motifs is 2. The van der Waals surface area contributed by atoms with Crippen LogP contribution < -0.4 is 10.6 Å². The lowest BCUT2D eigenvalue weighted by Gasteiger charge is -2.27.